The molecule has 144 valence electrons. The van der Waals surface area contributed by atoms with Crippen LogP contribution < -0.4 is 5.32 Å². The van der Waals surface area contributed by atoms with Crippen molar-refractivity contribution in [1.29, 1.82) is 0 Å². The molecule has 0 bridgehead atoms. The fourth-order valence-electron chi connectivity index (χ4n) is 3.92. The molecule has 0 aliphatic heterocycles. The van der Waals surface area contributed by atoms with Gasteiger partial charge < -0.3 is 5.32 Å². The zero-order valence-electron chi connectivity index (χ0n) is 15.5. The monoisotopic (exact) mass is 396 g/mol. The van der Waals surface area contributed by atoms with Gasteiger partial charge in [0.25, 0.3) is 0 Å². The van der Waals surface area contributed by atoms with E-state index in [-0.39, 0.29) is 11.9 Å². The predicted octanol–water partition coefficient (Wildman–Crippen LogP) is 4.52. The molecule has 0 amide bonds. The molecule has 8 heteroatoms. The van der Waals surface area contributed by atoms with Crippen LogP contribution in [0.3, 0.4) is 0 Å². The summed E-state index contributed by atoms with van der Waals surface area (Å²) in [6.45, 7) is 0. The van der Waals surface area contributed by atoms with Crippen molar-refractivity contribution in [3.63, 3.8) is 0 Å². The number of nitrogens with one attached hydrogen (secondary N) is 1. The lowest BCUT2D eigenvalue weighted by molar-refractivity contribution is 0.626. The van der Waals surface area contributed by atoms with Crippen molar-refractivity contribution in [3.8, 4) is 0 Å². The predicted molar refractivity (Wildman–Crippen MR) is 107 cm³/mol. The molecule has 1 N–H and O–H groups in total. The van der Waals surface area contributed by atoms with Gasteiger partial charge in [-0.1, -0.05) is 36.3 Å². The molecule has 1 aliphatic carbocycles. The van der Waals surface area contributed by atoms with Crippen LogP contribution >= 0.6 is 11.3 Å². The number of hydrogen-bond acceptors (Lipinski definition) is 5. The van der Waals surface area contributed by atoms with Crippen LogP contribution in [0.5, 0.6) is 0 Å². The summed E-state index contributed by atoms with van der Waals surface area (Å²) >= 11 is 1.53. The Morgan fingerprint density at radius 1 is 1.14 bits per heavy atom. The molecule has 1 unspecified atom stereocenters. The van der Waals surface area contributed by atoms with Crippen molar-refractivity contribution >= 4 is 21.4 Å². The van der Waals surface area contributed by atoms with E-state index in [1.165, 1.54) is 49.2 Å². The Bertz CT molecular complexity index is 1060. The van der Waals surface area contributed by atoms with Gasteiger partial charge in [0.15, 0.2) is 0 Å². The molecule has 6 nitrogen and oxygen atoms in total. The van der Waals surface area contributed by atoms with Crippen molar-refractivity contribution in [3.05, 3.63) is 65.5 Å². The van der Waals surface area contributed by atoms with Gasteiger partial charge in [0.05, 0.1) is 24.1 Å². The largest absolute Gasteiger partial charge is 0.349 e. The first-order chi connectivity index (χ1) is 13.7. The van der Waals surface area contributed by atoms with E-state index in [0.29, 0.717) is 5.92 Å². The lowest BCUT2D eigenvalue weighted by Gasteiger charge is -2.17. The average Bonchev–Trinajstić information content (AvgIpc) is 3.44. The zero-order chi connectivity index (χ0) is 19.1. The molecule has 3 heterocycles. The highest BCUT2D eigenvalue weighted by atomic mass is 32.1. The topological polar surface area (TPSA) is 60.0 Å². The maximum absolute atomic E-state index is 13.4. The molecule has 1 atom stereocenters. The number of aromatic nitrogens is 5. The average molecular weight is 396 g/mol. The van der Waals surface area contributed by atoms with Crippen molar-refractivity contribution in [1.82, 2.24) is 24.4 Å². The van der Waals surface area contributed by atoms with E-state index in [4.69, 9.17) is 4.98 Å². The van der Waals surface area contributed by atoms with Gasteiger partial charge >= 0.3 is 0 Å². The normalized spacial score (nSPS) is 16.1. The Morgan fingerprint density at radius 3 is 2.61 bits per heavy atom. The van der Waals surface area contributed by atoms with Crippen molar-refractivity contribution in [2.24, 2.45) is 7.05 Å². The number of halogens is 1. The van der Waals surface area contributed by atoms with Crippen LogP contribution in [0.4, 0.5) is 9.52 Å². The van der Waals surface area contributed by atoms with E-state index in [9.17, 15) is 4.39 Å². The SMILES string of the molecule is Cn1cc(C(Nc2nn3cc(C4CCCC4)nc3s2)c2ccc(F)cc2)cn1. The molecule has 28 heavy (non-hydrogen) atoms. The third-order valence-corrected chi connectivity index (χ3v) is 6.22. The molecule has 1 saturated carbocycles. The van der Waals surface area contributed by atoms with E-state index >= 15 is 0 Å². The minimum Gasteiger partial charge on any atom is -0.349 e. The highest BCUT2D eigenvalue weighted by Crippen LogP contribution is 2.35. The van der Waals surface area contributed by atoms with E-state index in [1.54, 1.807) is 16.8 Å². The van der Waals surface area contributed by atoms with E-state index in [0.717, 1.165) is 26.9 Å². The third kappa shape index (κ3) is 3.28. The quantitative estimate of drug-likeness (QED) is 0.539. The fraction of sp³-hybridized carbons (Fsp3) is 0.350. The number of benzene rings is 1. The summed E-state index contributed by atoms with van der Waals surface area (Å²) in [6, 6.07) is 6.36. The smallest absolute Gasteiger partial charge is 0.214 e. The number of anilines is 1. The Morgan fingerprint density at radius 2 is 1.93 bits per heavy atom. The van der Waals surface area contributed by atoms with Gasteiger partial charge in [-0.3, -0.25) is 4.68 Å². The summed E-state index contributed by atoms with van der Waals surface area (Å²) in [5.74, 6) is 0.327. The summed E-state index contributed by atoms with van der Waals surface area (Å²) in [4.78, 5) is 5.69. The van der Waals surface area contributed by atoms with Crippen LogP contribution in [-0.2, 0) is 7.05 Å². The highest BCUT2D eigenvalue weighted by molar-refractivity contribution is 7.20. The van der Waals surface area contributed by atoms with Crippen LogP contribution in [-0.4, -0.2) is 24.4 Å². The number of fused-ring (bicyclic) bond motifs is 1. The maximum Gasteiger partial charge on any atom is 0.214 e. The van der Waals surface area contributed by atoms with E-state index < -0.39 is 0 Å². The summed E-state index contributed by atoms with van der Waals surface area (Å²) < 4.78 is 17.0. The second-order valence-electron chi connectivity index (χ2n) is 7.36. The van der Waals surface area contributed by atoms with Gasteiger partial charge in [0.2, 0.25) is 10.1 Å². The zero-order valence-corrected chi connectivity index (χ0v) is 16.4. The maximum atomic E-state index is 13.4. The number of aryl methyl sites for hydroxylation is 1. The highest BCUT2D eigenvalue weighted by Gasteiger charge is 2.22. The Balaban J connectivity index is 1.44. The Labute approximate surface area is 166 Å². The summed E-state index contributed by atoms with van der Waals surface area (Å²) in [5, 5.41) is 13.2. The molecule has 3 aromatic heterocycles. The van der Waals surface area contributed by atoms with Gasteiger partial charge in [-0.2, -0.15) is 5.10 Å². The Kier molecular flexibility index (Phi) is 4.35. The molecular formula is C20H21FN6S. The van der Waals surface area contributed by atoms with Gasteiger partial charge in [-0.05, 0) is 30.5 Å². The molecule has 4 aromatic rings. The van der Waals surface area contributed by atoms with Crippen molar-refractivity contribution in [2.45, 2.75) is 37.6 Å². The van der Waals surface area contributed by atoms with Crippen molar-refractivity contribution in [2.75, 3.05) is 5.32 Å². The summed E-state index contributed by atoms with van der Waals surface area (Å²) in [7, 11) is 1.88. The number of nitrogens with zero attached hydrogens (tertiary/aromatic N) is 5. The second kappa shape index (κ2) is 7.01. The molecule has 0 radical (unpaired) electrons. The molecular weight excluding hydrogens is 375 g/mol. The fourth-order valence-corrected chi connectivity index (χ4v) is 4.74. The first-order valence-corrected chi connectivity index (χ1v) is 10.3. The molecule has 0 saturated heterocycles. The van der Waals surface area contributed by atoms with E-state index in [1.807, 2.05) is 24.0 Å². The first kappa shape index (κ1) is 17.4. The molecule has 5 rings (SSSR count). The van der Waals surface area contributed by atoms with Crippen LogP contribution in [0.15, 0.2) is 42.9 Å². The molecule has 0 spiro atoms. The lowest BCUT2D eigenvalue weighted by Crippen LogP contribution is -2.12. The standard InChI is InChI=1S/C20H21FN6S/c1-26-11-15(10-22-26)18(14-6-8-16(21)9-7-14)24-19-25-27-12-17(23-20(27)28-19)13-4-2-3-5-13/h6-13,18H,2-5H2,1H3,(H,24,25). The van der Waals surface area contributed by atoms with E-state index in [2.05, 4.69) is 21.7 Å². The van der Waals surface area contributed by atoms with Crippen LogP contribution in [0.1, 0.15) is 54.5 Å². The minimum atomic E-state index is -0.249. The van der Waals surface area contributed by atoms with Gasteiger partial charge in [0, 0.05) is 24.7 Å². The minimum absolute atomic E-state index is 0.167. The third-order valence-electron chi connectivity index (χ3n) is 5.36. The number of rotatable bonds is 5. The van der Waals surface area contributed by atoms with Gasteiger partial charge in [-0.15, -0.1) is 5.10 Å². The van der Waals surface area contributed by atoms with Crippen molar-refractivity contribution < 1.29 is 4.39 Å². The van der Waals surface area contributed by atoms with Crippen LogP contribution in [0.2, 0.25) is 0 Å². The summed E-state index contributed by atoms with van der Waals surface area (Å²) in [5.41, 5.74) is 3.10. The number of imidazole rings is 1. The van der Waals surface area contributed by atoms with Crippen LogP contribution in [0.25, 0.3) is 4.96 Å². The lowest BCUT2D eigenvalue weighted by atomic mass is 10.0. The van der Waals surface area contributed by atoms with Gasteiger partial charge in [0.1, 0.15) is 5.82 Å². The molecule has 1 fully saturated rings. The van der Waals surface area contributed by atoms with Gasteiger partial charge in [-0.25, -0.2) is 13.9 Å². The van der Waals surface area contributed by atoms with Crippen LogP contribution in [0, 0.1) is 5.82 Å². The first-order valence-electron chi connectivity index (χ1n) is 9.52. The summed E-state index contributed by atoms with van der Waals surface area (Å²) in [6.07, 6.45) is 10.9. The second-order valence-corrected chi connectivity index (χ2v) is 8.31. The molecule has 1 aliphatic rings. The molecule has 1 aromatic carbocycles. The Hall–Kier alpha value is -2.74. The number of hydrogen-bond donors (Lipinski definition) is 1.